The van der Waals surface area contributed by atoms with Crippen LogP contribution >= 0.6 is 11.3 Å². The monoisotopic (exact) mass is 453 g/mol. The first kappa shape index (κ1) is 21.0. The Morgan fingerprint density at radius 2 is 1.70 bits per heavy atom. The molecule has 0 radical (unpaired) electrons. The summed E-state index contributed by atoms with van der Waals surface area (Å²) in [5, 5.41) is 10.9. The van der Waals surface area contributed by atoms with Crippen LogP contribution in [0.2, 0.25) is 0 Å². The molecule has 5 aromatic rings. The highest BCUT2D eigenvalue weighted by Crippen LogP contribution is 2.42. The number of pyridine rings is 1. The predicted octanol–water partition coefficient (Wildman–Crippen LogP) is 5.67. The molecule has 6 nitrogen and oxygen atoms in total. The number of para-hydroxylation sites is 1. The molecule has 0 spiro atoms. The van der Waals surface area contributed by atoms with E-state index in [0.717, 1.165) is 27.8 Å². The van der Waals surface area contributed by atoms with Crippen molar-refractivity contribution in [2.24, 2.45) is 5.41 Å². The summed E-state index contributed by atoms with van der Waals surface area (Å²) >= 11 is 1.41. The summed E-state index contributed by atoms with van der Waals surface area (Å²) in [6.07, 6.45) is 5.37. The Morgan fingerprint density at radius 1 is 0.970 bits per heavy atom. The molecule has 1 atom stereocenters. The second-order valence-corrected chi connectivity index (χ2v) is 9.32. The molecule has 7 heteroatoms. The molecule has 3 heterocycles. The van der Waals surface area contributed by atoms with Gasteiger partial charge in [0.15, 0.2) is 10.8 Å². The van der Waals surface area contributed by atoms with E-state index in [0.29, 0.717) is 5.13 Å². The molecule has 0 saturated heterocycles. The van der Waals surface area contributed by atoms with E-state index < -0.39 is 5.41 Å². The maximum absolute atomic E-state index is 13.4. The van der Waals surface area contributed by atoms with Crippen molar-refractivity contribution >= 4 is 33.4 Å². The van der Waals surface area contributed by atoms with Crippen LogP contribution in [0.4, 0.5) is 5.13 Å². The zero-order chi connectivity index (χ0) is 22.8. The number of hydrogen-bond acceptors (Lipinski definition) is 5. The van der Waals surface area contributed by atoms with E-state index in [1.54, 1.807) is 6.20 Å². The van der Waals surface area contributed by atoms with Gasteiger partial charge in [0.2, 0.25) is 5.91 Å². The number of carbonyl (C=O) groups is 1. The predicted molar refractivity (Wildman–Crippen MR) is 132 cm³/mol. The van der Waals surface area contributed by atoms with Crippen LogP contribution in [0.25, 0.3) is 16.7 Å². The third-order valence-corrected chi connectivity index (χ3v) is 6.54. The molecule has 2 aromatic carbocycles. The minimum Gasteiger partial charge on any atom is -0.301 e. The Kier molecular flexibility index (Phi) is 5.48. The fraction of sp³-hybridized carbons (Fsp3) is 0.154. The van der Waals surface area contributed by atoms with Crippen LogP contribution in [0, 0.1) is 5.41 Å². The lowest BCUT2D eigenvalue weighted by atomic mass is 9.71. The van der Waals surface area contributed by atoms with Gasteiger partial charge in [0.1, 0.15) is 0 Å². The van der Waals surface area contributed by atoms with E-state index in [9.17, 15) is 4.79 Å². The Morgan fingerprint density at radius 3 is 2.39 bits per heavy atom. The minimum atomic E-state index is -0.766. The number of carbonyl (C=O) groups excluding carboxylic acids is 1. The van der Waals surface area contributed by atoms with E-state index in [1.165, 1.54) is 11.3 Å². The Bertz CT molecular complexity index is 1380. The van der Waals surface area contributed by atoms with Gasteiger partial charge in [0.05, 0.1) is 17.3 Å². The second-order valence-electron chi connectivity index (χ2n) is 8.43. The lowest BCUT2D eigenvalue weighted by Gasteiger charge is -2.33. The third-order valence-electron chi connectivity index (χ3n) is 5.86. The summed E-state index contributed by atoms with van der Waals surface area (Å²) in [4.78, 5) is 22.4. The van der Waals surface area contributed by atoms with Crippen molar-refractivity contribution in [1.82, 2.24) is 19.7 Å². The maximum Gasteiger partial charge on any atom is 0.232 e. The summed E-state index contributed by atoms with van der Waals surface area (Å²) in [5.41, 5.74) is 2.98. The topological polar surface area (TPSA) is 72.7 Å². The molecular weight excluding hydrogens is 430 g/mol. The van der Waals surface area contributed by atoms with E-state index >= 15 is 0 Å². The van der Waals surface area contributed by atoms with Crippen molar-refractivity contribution < 1.29 is 4.79 Å². The van der Waals surface area contributed by atoms with Gasteiger partial charge in [0, 0.05) is 29.1 Å². The van der Waals surface area contributed by atoms with Crippen LogP contribution < -0.4 is 5.32 Å². The van der Waals surface area contributed by atoms with Gasteiger partial charge in [-0.25, -0.2) is 14.6 Å². The van der Waals surface area contributed by atoms with Crippen molar-refractivity contribution in [3.05, 3.63) is 102 Å². The van der Waals surface area contributed by atoms with Crippen molar-refractivity contribution in [3.63, 3.8) is 0 Å². The average molecular weight is 454 g/mol. The quantitative estimate of drug-likeness (QED) is 0.359. The van der Waals surface area contributed by atoms with Crippen molar-refractivity contribution in [2.45, 2.75) is 19.8 Å². The Hall–Kier alpha value is -3.84. The number of nitrogens with zero attached hydrogens (tertiary/aromatic N) is 4. The Labute approximate surface area is 196 Å². The number of nitrogens with one attached hydrogen (secondary N) is 1. The number of fused-ring (bicyclic) bond motifs is 1. The first-order valence-corrected chi connectivity index (χ1v) is 11.6. The first-order chi connectivity index (χ1) is 16.0. The molecule has 0 bridgehead atoms. The van der Waals surface area contributed by atoms with E-state index in [-0.39, 0.29) is 11.8 Å². The molecule has 164 valence electrons. The van der Waals surface area contributed by atoms with Crippen molar-refractivity contribution in [1.29, 1.82) is 0 Å². The number of amides is 1. The van der Waals surface area contributed by atoms with E-state index in [2.05, 4.69) is 33.6 Å². The minimum absolute atomic E-state index is 0.0913. The van der Waals surface area contributed by atoms with Crippen LogP contribution in [0.3, 0.4) is 0 Å². The van der Waals surface area contributed by atoms with Crippen molar-refractivity contribution in [3.8, 4) is 5.69 Å². The summed E-state index contributed by atoms with van der Waals surface area (Å²) in [7, 11) is 0. The van der Waals surface area contributed by atoms with E-state index in [4.69, 9.17) is 4.98 Å². The summed E-state index contributed by atoms with van der Waals surface area (Å²) in [6, 6.07) is 22.1. The van der Waals surface area contributed by atoms with Gasteiger partial charge in [-0.1, -0.05) is 62.4 Å². The van der Waals surface area contributed by atoms with Crippen LogP contribution in [-0.4, -0.2) is 25.7 Å². The molecule has 0 saturated carbocycles. The molecule has 0 aliphatic heterocycles. The maximum atomic E-state index is 13.4. The van der Waals surface area contributed by atoms with Crippen molar-refractivity contribution in [2.75, 3.05) is 5.32 Å². The number of anilines is 1. The molecule has 5 rings (SSSR count). The number of rotatable bonds is 6. The zero-order valence-electron chi connectivity index (χ0n) is 18.3. The Balaban J connectivity index is 1.58. The van der Waals surface area contributed by atoms with Crippen LogP contribution in [0.15, 0.2) is 90.7 Å². The molecule has 0 aliphatic rings. The molecule has 1 unspecified atom stereocenters. The SMILES string of the molecule is CC(C)(C(=O)Nc1nccs1)C(c1ccccc1)c1cnc2c(cnn2-c2ccccc2)c1. The molecule has 0 fully saturated rings. The summed E-state index contributed by atoms with van der Waals surface area (Å²) in [6.45, 7) is 3.93. The third kappa shape index (κ3) is 4.03. The number of benzene rings is 2. The van der Waals surface area contributed by atoms with Gasteiger partial charge >= 0.3 is 0 Å². The molecule has 3 aromatic heterocycles. The van der Waals surface area contributed by atoms with Crippen LogP contribution in [-0.2, 0) is 4.79 Å². The average Bonchev–Trinajstić information content (AvgIpc) is 3.50. The molecule has 1 N–H and O–H groups in total. The number of thiazole rings is 1. The first-order valence-electron chi connectivity index (χ1n) is 10.7. The smallest absolute Gasteiger partial charge is 0.232 e. The molecule has 1 amide bonds. The standard InChI is InChI=1S/C26H23N5OS/c1-26(2,24(32)30-25-27-13-14-33-25)22(18-9-5-3-6-10-18)19-15-20-17-29-31(23(20)28-16-19)21-11-7-4-8-12-21/h3-17,22H,1-2H3,(H,27,30,32). The second kappa shape index (κ2) is 8.60. The van der Waals surface area contributed by atoms with Gasteiger partial charge in [-0.2, -0.15) is 5.10 Å². The van der Waals surface area contributed by atoms with E-state index in [1.807, 2.05) is 84.8 Å². The fourth-order valence-electron chi connectivity index (χ4n) is 4.20. The normalized spacial score (nSPS) is 12.5. The van der Waals surface area contributed by atoms with Gasteiger partial charge < -0.3 is 5.32 Å². The van der Waals surface area contributed by atoms with Crippen LogP contribution in [0.5, 0.6) is 0 Å². The summed E-state index contributed by atoms with van der Waals surface area (Å²) < 4.78 is 1.83. The molecular formula is C26H23N5OS. The van der Waals surface area contributed by atoms with Gasteiger partial charge in [-0.05, 0) is 29.3 Å². The van der Waals surface area contributed by atoms with Gasteiger partial charge in [-0.3, -0.25) is 4.79 Å². The van der Waals surface area contributed by atoms with Gasteiger partial charge in [-0.15, -0.1) is 11.3 Å². The number of hydrogen-bond donors (Lipinski definition) is 1. The zero-order valence-corrected chi connectivity index (χ0v) is 19.2. The highest BCUT2D eigenvalue weighted by Gasteiger charge is 2.39. The molecule has 0 aliphatic carbocycles. The lowest BCUT2D eigenvalue weighted by molar-refractivity contribution is -0.124. The van der Waals surface area contributed by atoms with Gasteiger partial charge in [0.25, 0.3) is 0 Å². The molecule has 33 heavy (non-hydrogen) atoms. The summed E-state index contributed by atoms with van der Waals surface area (Å²) in [5.74, 6) is -0.304. The number of aromatic nitrogens is 4. The van der Waals surface area contributed by atoms with Crippen LogP contribution in [0.1, 0.15) is 30.9 Å². The highest BCUT2D eigenvalue weighted by atomic mass is 32.1. The lowest BCUT2D eigenvalue weighted by Crippen LogP contribution is -2.37. The largest absolute Gasteiger partial charge is 0.301 e. The highest BCUT2D eigenvalue weighted by molar-refractivity contribution is 7.13. The fourth-order valence-corrected chi connectivity index (χ4v) is 4.72.